The Morgan fingerprint density at radius 2 is 1.88 bits per heavy atom. The number of anilines is 2. The Bertz CT molecular complexity index is 1040. The minimum atomic E-state index is -0.750. The number of benzene rings is 2. The van der Waals surface area contributed by atoms with Crippen LogP contribution in [0.4, 0.5) is 11.6 Å². The van der Waals surface area contributed by atoms with Crippen molar-refractivity contribution in [3.63, 3.8) is 0 Å². The molecule has 1 aliphatic carbocycles. The normalized spacial score (nSPS) is 20.6. The Kier molecular flexibility index (Phi) is 3.15. The molecule has 0 unspecified atom stereocenters. The lowest BCUT2D eigenvalue weighted by atomic mass is 9.70. The summed E-state index contributed by atoms with van der Waals surface area (Å²) in [6, 6.07) is 11.1. The maximum atomic E-state index is 13.5. The molecule has 0 bridgehead atoms. The number of rotatable bonds is 1. The number of aromatic nitrogens is 2. The highest BCUT2D eigenvalue weighted by Crippen LogP contribution is 2.52. The van der Waals surface area contributed by atoms with E-state index in [4.69, 9.17) is 23.2 Å². The number of carbonyl (C=O) groups excluding carboxylic acids is 1. The fraction of sp³-hybridized carbons (Fsp3) is 0.111. The van der Waals surface area contributed by atoms with Crippen molar-refractivity contribution in [3.8, 4) is 0 Å². The van der Waals surface area contributed by atoms with E-state index in [1.54, 1.807) is 29.3 Å². The van der Waals surface area contributed by atoms with Gasteiger partial charge in [-0.25, -0.2) is 9.88 Å². The highest BCUT2D eigenvalue weighted by atomic mass is 79.9. The number of carbonyl (C=O) groups is 1. The SMILES string of the molecule is O=C1N(c2cc(Cl)cc(Cl)c2)c2nccn2[C@]12Cc1ccc(Br)cc12. The molecule has 2 heterocycles. The Morgan fingerprint density at radius 3 is 2.64 bits per heavy atom. The molecule has 4 nitrogen and oxygen atoms in total. The predicted octanol–water partition coefficient (Wildman–Crippen LogP) is 4.93. The molecule has 2 aliphatic rings. The maximum Gasteiger partial charge on any atom is 0.265 e. The maximum absolute atomic E-state index is 13.5. The molecule has 25 heavy (non-hydrogen) atoms. The van der Waals surface area contributed by atoms with E-state index in [2.05, 4.69) is 20.9 Å². The van der Waals surface area contributed by atoms with Crippen molar-refractivity contribution in [3.05, 3.63) is 74.4 Å². The number of nitrogens with zero attached hydrogens (tertiary/aromatic N) is 3. The molecular weight excluding hydrogens is 425 g/mol. The van der Waals surface area contributed by atoms with Crippen molar-refractivity contribution in [1.29, 1.82) is 0 Å². The number of fused-ring (bicyclic) bond motifs is 4. The van der Waals surface area contributed by atoms with E-state index in [-0.39, 0.29) is 5.91 Å². The highest BCUT2D eigenvalue weighted by Gasteiger charge is 2.59. The van der Waals surface area contributed by atoms with Crippen molar-refractivity contribution in [2.75, 3.05) is 4.90 Å². The summed E-state index contributed by atoms with van der Waals surface area (Å²) in [5.41, 5.74) is 2.04. The van der Waals surface area contributed by atoms with Gasteiger partial charge in [-0.05, 0) is 41.5 Å². The van der Waals surface area contributed by atoms with Gasteiger partial charge in [0.1, 0.15) is 0 Å². The molecule has 2 aromatic carbocycles. The molecule has 0 fully saturated rings. The number of hydrogen-bond acceptors (Lipinski definition) is 2. The number of hydrogen-bond donors (Lipinski definition) is 0. The average molecular weight is 435 g/mol. The van der Waals surface area contributed by atoms with Crippen LogP contribution in [0.3, 0.4) is 0 Å². The molecule has 5 rings (SSSR count). The number of halogens is 3. The van der Waals surface area contributed by atoms with Gasteiger partial charge in [-0.15, -0.1) is 0 Å². The van der Waals surface area contributed by atoms with E-state index < -0.39 is 5.54 Å². The molecule has 124 valence electrons. The van der Waals surface area contributed by atoms with Crippen molar-refractivity contribution >= 4 is 56.7 Å². The van der Waals surface area contributed by atoms with Gasteiger partial charge < -0.3 is 0 Å². The first-order chi connectivity index (χ1) is 12.0. The van der Waals surface area contributed by atoms with Gasteiger partial charge in [-0.2, -0.15) is 0 Å². The van der Waals surface area contributed by atoms with E-state index in [0.717, 1.165) is 10.0 Å². The van der Waals surface area contributed by atoms with E-state index in [0.29, 0.717) is 28.1 Å². The predicted molar refractivity (Wildman–Crippen MR) is 101 cm³/mol. The quantitative estimate of drug-likeness (QED) is 0.544. The van der Waals surface area contributed by atoms with Crippen LogP contribution in [0, 0.1) is 0 Å². The third-order valence-corrected chi connectivity index (χ3v) is 5.79. The smallest absolute Gasteiger partial charge is 0.265 e. The van der Waals surface area contributed by atoms with Crippen molar-refractivity contribution in [2.24, 2.45) is 0 Å². The van der Waals surface area contributed by atoms with Crippen LogP contribution in [-0.2, 0) is 16.8 Å². The first kappa shape index (κ1) is 15.4. The van der Waals surface area contributed by atoms with E-state index in [1.807, 2.05) is 29.0 Å². The Morgan fingerprint density at radius 1 is 1.12 bits per heavy atom. The van der Waals surface area contributed by atoms with Crippen LogP contribution in [0.2, 0.25) is 10.0 Å². The summed E-state index contributed by atoms with van der Waals surface area (Å²) in [5.74, 6) is 0.536. The molecule has 7 heteroatoms. The van der Waals surface area contributed by atoms with E-state index in [9.17, 15) is 4.79 Å². The second-order valence-electron chi connectivity index (χ2n) is 6.20. The van der Waals surface area contributed by atoms with Gasteiger partial charge in [0.2, 0.25) is 5.95 Å². The molecular formula is C18H10BrCl2N3O. The van der Waals surface area contributed by atoms with E-state index in [1.165, 1.54) is 5.56 Å². The molecule has 1 aromatic heterocycles. The van der Waals surface area contributed by atoms with Crippen LogP contribution in [0.1, 0.15) is 11.1 Å². The number of amides is 1. The minimum Gasteiger partial charge on any atom is -0.297 e. The van der Waals surface area contributed by atoms with Crippen LogP contribution in [0.5, 0.6) is 0 Å². The molecule has 1 atom stereocenters. The number of imidazole rings is 1. The first-order valence-electron chi connectivity index (χ1n) is 7.64. The van der Waals surface area contributed by atoms with Crippen LogP contribution in [0.15, 0.2) is 53.3 Å². The molecule has 0 saturated carbocycles. The van der Waals surface area contributed by atoms with Crippen molar-refractivity contribution < 1.29 is 4.79 Å². The molecule has 1 aliphatic heterocycles. The van der Waals surface area contributed by atoms with Gasteiger partial charge in [-0.1, -0.05) is 45.2 Å². The Balaban J connectivity index is 1.72. The molecule has 0 radical (unpaired) electrons. The van der Waals surface area contributed by atoms with Gasteiger partial charge in [0.25, 0.3) is 5.91 Å². The zero-order valence-electron chi connectivity index (χ0n) is 12.7. The highest BCUT2D eigenvalue weighted by molar-refractivity contribution is 9.10. The first-order valence-corrected chi connectivity index (χ1v) is 9.19. The molecule has 1 amide bonds. The summed E-state index contributed by atoms with van der Waals surface area (Å²) in [6.45, 7) is 0. The van der Waals surface area contributed by atoms with Crippen LogP contribution in [-0.4, -0.2) is 15.5 Å². The Labute approximate surface area is 162 Å². The fourth-order valence-corrected chi connectivity index (χ4v) is 4.67. The van der Waals surface area contributed by atoms with Crippen molar-refractivity contribution in [2.45, 2.75) is 12.0 Å². The third kappa shape index (κ3) is 1.94. The largest absolute Gasteiger partial charge is 0.297 e. The van der Waals surface area contributed by atoms with Gasteiger partial charge >= 0.3 is 0 Å². The minimum absolute atomic E-state index is 0.0421. The summed E-state index contributed by atoms with van der Waals surface area (Å²) in [7, 11) is 0. The van der Waals surface area contributed by atoms with Crippen molar-refractivity contribution in [1.82, 2.24) is 9.55 Å². The standard InChI is InChI=1S/C18H10BrCl2N3O/c19-11-2-1-10-9-18(15(10)5-11)16(25)24(17-22-3-4-23(17)18)14-7-12(20)6-13(21)8-14/h1-8H,9H2/t18-/m0/s1. The average Bonchev–Trinajstić information content (AvgIpc) is 3.08. The fourth-order valence-electron chi connectivity index (χ4n) is 3.80. The van der Waals surface area contributed by atoms with Gasteiger partial charge in [0.15, 0.2) is 5.54 Å². The topological polar surface area (TPSA) is 38.1 Å². The molecule has 3 aromatic rings. The lowest BCUT2D eigenvalue weighted by molar-refractivity contribution is -0.123. The van der Waals surface area contributed by atoms with Gasteiger partial charge in [0, 0.05) is 33.3 Å². The van der Waals surface area contributed by atoms with E-state index >= 15 is 0 Å². The van der Waals surface area contributed by atoms with Gasteiger partial charge in [0.05, 0.1) is 5.69 Å². The molecule has 0 N–H and O–H groups in total. The zero-order valence-corrected chi connectivity index (χ0v) is 15.8. The zero-order chi connectivity index (χ0) is 17.3. The summed E-state index contributed by atoms with van der Waals surface area (Å²) in [5, 5.41) is 0.956. The second-order valence-corrected chi connectivity index (χ2v) is 7.99. The molecule has 1 spiro atoms. The summed E-state index contributed by atoms with van der Waals surface area (Å²) >= 11 is 15.8. The molecule has 0 saturated heterocycles. The van der Waals surface area contributed by atoms with Crippen LogP contribution in [0.25, 0.3) is 0 Å². The van der Waals surface area contributed by atoms with Gasteiger partial charge in [-0.3, -0.25) is 9.36 Å². The Hall–Kier alpha value is -1.82. The summed E-state index contributed by atoms with van der Waals surface area (Å²) in [4.78, 5) is 19.5. The second kappa shape index (κ2) is 5.10. The monoisotopic (exact) mass is 433 g/mol. The van der Waals surface area contributed by atoms with Crippen LogP contribution < -0.4 is 4.90 Å². The lowest BCUT2D eigenvalue weighted by Gasteiger charge is -2.40. The van der Waals surface area contributed by atoms with Crippen LogP contribution >= 0.6 is 39.1 Å². The lowest BCUT2D eigenvalue weighted by Crippen LogP contribution is -2.51. The third-order valence-electron chi connectivity index (χ3n) is 4.86. The summed E-state index contributed by atoms with van der Waals surface area (Å²) in [6.07, 6.45) is 4.20. The summed E-state index contributed by atoms with van der Waals surface area (Å²) < 4.78 is 2.89.